The lowest BCUT2D eigenvalue weighted by Gasteiger charge is -2.07. The molecule has 1 rings (SSSR count). The van der Waals surface area contributed by atoms with Crippen molar-refractivity contribution in [2.45, 2.75) is 18.9 Å². The van der Waals surface area contributed by atoms with Gasteiger partial charge < -0.3 is 16.2 Å². The highest BCUT2D eigenvalue weighted by molar-refractivity contribution is 8.14. The van der Waals surface area contributed by atoms with Crippen LogP contribution in [0.4, 0.5) is 0 Å². The van der Waals surface area contributed by atoms with Crippen LogP contribution in [0.1, 0.15) is 12.8 Å². The zero-order chi connectivity index (χ0) is 10.4. The number of nitrogens with one attached hydrogen (secondary N) is 1. The van der Waals surface area contributed by atoms with Crippen molar-refractivity contribution in [3.05, 3.63) is 0 Å². The van der Waals surface area contributed by atoms with Gasteiger partial charge in [-0.05, 0) is 12.8 Å². The third-order valence-corrected chi connectivity index (χ3v) is 2.80. The first-order valence-corrected chi connectivity index (χ1v) is 5.58. The number of aliphatic carboxylic acids is 1. The summed E-state index contributed by atoms with van der Waals surface area (Å²) in [5.74, 6) is 0.106. The molecule has 0 saturated heterocycles. The van der Waals surface area contributed by atoms with Crippen LogP contribution in [0.3, 0.4) is 0 Å². The van der Waals surface area contributed by atoms with Crippen molar-refractivity contribution in [2.75, 3.05) is 18.8 Å². The Labute approximate surface area is 87.2 Å². The van der Waals surface area contributed by atoms with E-state index in [1.807, 2.05) is 0 Å². The van der Waals surface area contributed by atoms with Crippen LogP contribution in [0.15, 0.2) is 4.99 Å². The number of amidine groups is 1. The number of thioether (sulfide) groups is 1. The van der Waals surface area contributed by atoms with Crippen LogP contribution in [-0.2, 0) is 4.79 Å². The van der Waals surface area contributed by atoms with Gasteiger partial charge >= 0.3 is 5.97 Å². The van der Waals surface area contributed by atoms with Gasteiger partial charge in [-0.25, -0.2) is 0 Å². The second-order valence-electron chi connectivity index (χ2n) is 3.05. The van der Waals surface area contributed by atoms with E-state index < -0.39 is 12.0 Å². The molecule has 1 atom stereocenters. The number of nitrogens with two attached hydrogens (primary N) is 1. The Morgan fingerprint density at radius 2 is 2.57 bits per heavy atom. The highest BCUT2D eigenvalue weighted by Crippen LogP contribution is 2.08. The summed E-state index contributed by atoms with van der Waals surface area (Å²) in [4.78, 5) is 14.6. The Morgan fingerprint density at radius 1 is 1.79 bits per heavy atom. The van der Waals surface area contributed by atoms with Crippen LogP contribution in [0.2, 0.25) is 0 Å². The van der Waals surface area contributed by atoms with Crippen molar-refractivity contribution in [1.29, 1.82) is 0 Å². The van der Waals surface area contributed by atoms with Crippen LogP contribution in [0.5, 0.6) is 0 Å². The van der Waals surface area contributed by atoms with Crippen LogP contribution in [0, 0.1) is 0 Å². The van der Waals surface area contributed by atoms with Crippen molar-refractivity contribution in [3.63, 3.8) is 0 Å². The number of carboxylic acids is 1. The summed E-state index contributed by atoms with van der Waals surface area (Å²) in [6.07, 6.45) is 1.26. The van der Waals surface area contributed by atoms with E-state index in [0.29, 0.717) is 6.42 Å². The largest absolute Gasteiger partial charge is 0.480 e. The topological polar surface area (TPSA) is 87.7 Å². The summed E-state index contributed by atoms with van der Waals surface area (Å²) in [7, 11) is 0. The molecule has 0 spiro atoms. The summed E-state index contributed by atoms with van der Waals surface area (Å²) in [6, 6.07) is -0.741. The summed E-state index contributed by atoms with van der Waals surface area (Å²) < 4.78 is 0. The molecule has 0 radical (unpaired) electrons. The van der Waals surface area contributed by atoms with E-state index in [1.165, 1.54) is 0 Å². The van der Waals surface area contributed by atoms with E-state index in [0.717, 1.165) is 30.4 Å². The first-order chi connectivity index (χ1) is 6.70. The van der Waals surface area contributed by atoms with Crippen molar-refractivity contribution in [1.82, 2.24) is 5.32 Å². The smallest absolute Gasteiger partial charge is 0.320 e. The highest BCUT2D eigenvalue weighted by Gasteiger charge is 2.10. The van der Waals surface area contributed by atoms with E-state index in [9.17, 15) is 4.79 Å². The van der Waals surface area contributed by atoms with Crippen molar-refractivity contribution >= 4 is 22.9 Å². The van der Waals surface area contributed by atoms with Gasteiger partial charge in [-0.1, -0.05) is 11.8 Å². The number of nitrogens with zero attached hydrogens (tertiary/aromatic N) is 1. The minimum Gasteiger partial charge on any atom is -0.480 e. The summed E-state index contributed by atoms with van der Waals surface area (Å²) in [5.41, 5.74) is 5.35. The van der Waals surface area contributed by atoms with E-state index >= 15 is 0 Å². The summed E-state index contributed by atoms with van der Waals surface area (Å²) in [5, 5.41) is 12.6. The molecule has 0 aromatic carbocycles. The molecule has 0 aromatic rings. The third kappa shape index (κ3) is 3.97. The normalized spacial score (nSPS) is 17.6. The van der Waals surface area contributed by atoms with Crippen molar-refractivity contribution < 1.29 is 9.90 Å². The molecule has 1 aliphatic rings. The molecule has 0 bridgehead atoms. The average Bonchev–Trinajstić information content (AvgIpc) is 2.64. The van der Waals surface area contributed by atoms with Crippen LogP contribution < -0.4 is 11.1 Å². The Bertz CT molecular complexity index is 233. The lowest BCUT2D eigenvalue weighted by Crippen LogP contribution is -2.31. The highest BCUT2D eigenvalue weighted by atomic mass is 32.2. The van der Waals surface area contributed by atoms with Crippen molar-refractivity contribution in [2.24, 2.45) is 10.7 Å². The molecule has 0 unspecified atom stereocenters. The first kappa shape index (κ1) is 11.3. The van der Waals surface area contributed by atoms with Crippen LogP contribution in [0.25, 0.3) is 0 Å². The fourth-order valence-corrected chi connectivity index (χ4v) is 1.85. The van der Waals surface area contributed by atoms with E-state index in [1.54, 1.807) is 11.8 Å². The molecule has 0 amide bonds. The van der Waals surface area contributed by atoms with Gasteiger partial charge in [0.1, 0.15) is 6.04 Å². The maximum atomic E-state index is 10.4. The molecule has 0 aliphatic carbocycles. The molecule has 80 valence electrons. The number of carboxylic acid groups (broad SMARTS) is 1. The predicted octanol–water partition coefficient (Wildman–Crippen LogP) is -0.129. The number of hydrogen-bond donors (Lipinski definition) is 3. The lowest BCUT2D eigenvalue weighted by molar-refractivity contribution is -0.138. The maximum Gasteiger partial charge on any atom is 0.320 e. The summed E-state index contributed by atoms with van der Waals surface area (Å²) >= 11 is 1.70. The third-order valence-electron chi connectivity index (χ3n) is 1.87. The molecule has 4 N–H and O–H groups in total. The quantitative estimate of drug-likeness (QED) is 0.558. The molecule has 0 saturated carbocycles. The van der Waals surface area contributed by atoms with Gasteiger partial charge in [0, 0.05) is 12.3 Å². The summed E-state index contributed by atoms with van der Waals surface area (Å²) in [6.45, 7) is 1.62. The molecular weight excluding hydrogens is 202 g/mol. The van der Waals surface area contributed by atoms with Gasteiger partial charge in [0.05, 0.1) is 6.54 Å². The maximum absolute atomic E-state index is 10.4. The predicted molar refractivity (Wildman–Crippen MR) is 57.6 cm³/mol. The van der Waals surface area contributed by atoms with E-state index in [-0.39, 0.29) is 0 Å². The zero-order valence-electron chi connectivity index (χ0n) is 7.90. The number of rotatable bonds is 5. The Kier molecular flexibility index (Phi) is 4.75. The van der Waals surface area contributed by atoms with Gasteiger partial charge in [-0.15, -0.1) is 0 Å². The number of aliphatic imine (C=N–C) groups is 1. The molecule has 0 aromatic heterocycles. The van der Waals surface area contributed by atoms with Crippen molar-refractivity contribution in [3.8, 4) is 0 Å². The van der Waals surface area contributed by atoms with Gasteiger partial charge in [0.15, 0.2) is 5.17 Å². The molecule has 5 nitrogen and oxygen atoms in total. The van der Waals surface area contributed by atoms with Gasteiger partial charge in [-0.2, -0.15) is 0 Å². The second-order valence-corrected chi connectivity index (χ2v) is 4.13. The number of carbonyl (C=O) groups is 1. The van der Waals surface area contributed by atoms with E-state index in [2.05, 4.69) is 10.3 Å². The minimum atomic E-state index is -0.933. The standard InChI is InChI=1S/C8H15N3O2S/c9-6(7(12)13)2-1-3-10-8-11-4-5-14-8/h6H,1-5,9H2,(H,10,11)(H,12,13)/t6-/m1/s1. The Morgan fingerprint density at radius 3 is 3.14 bits per heavy atom. The monoisotopic (exact) mass is 217 g/mol. The van der Waals surface area contributed by atoms with Gasteiger partial charge in [0.2, 0.25) is 0 Å². The fourth-order valence-electron chi connectivity index (χ4n) is 1.08. The Balaban J connectivity index is 2.01. The number of hydrogen-bond acceptors (Lipinski definition) is 5. The molecule has 1 aliphatic heterocycles. The molecule has 14 heavy (non-hydrogen) atoms. The molecular formula is C8H15N3O2S. The van der Waals surface area contributed by atoms with Gasteiger partial charge in [0.25, 0.3) is 0 Å². The van der Waals surface area contributed by atoms with E-state index in [4.69, 9.17) is 10.8 Å². The second kappa shape index (κ2) is 5.87. The fraction of sp³-hybridized carbons (Fsp3) is 0.750. The molecule has 1 heterocycles. The lowest BCUT2D eigenvalue weighted by atomic mass is 10.2. The molecule has 0 fully saturated rings. The average molecular weight is 217 g/mol. The van der Waals surface area contributed by atoms with Crippen LogP contribution in [-0.4, -0.2) is 41.1 Å². The zero-order valence-corrected chi connectivity index (χ0v) is 8.72. The minimum absolute atomic E-state index is 0.500. The SMILES string of the molecule is N[C@H](CCCNC1=NCCS1)C(=O)O. The Hall–Kier alpha value is -0.750. The van der Waals surface area contributed by atoms with Gasteiger partial charge in [-0.3, -0.25) is 9.79 Å². The molecule has 6 heteroatoms. The van der Waals surface area contributed by atoms with Crippen LogP contribution >= 0.6 is 11.8 Å². The first-order valence-electron chi connectivity index (χ1n) is 4.59.